The van der Waals surface area contributed by atoms with Crippen LogP contribution in [0.2, 0.25) is 0 Å². The van der Waals surface area contributed by atoms with E-state index in [2.05, 4.69) is 0 Å². The third kappa shape index (κ3) is 2.02. The molecule has 1 aromatic rings. The first-order valence-electron chi connectivity index (χ1n) is 5.34. The number of benzene rings is 1. The van der Waals surface area contributed by atoms with E-state index in [0.29, 0.717) is 0 Å². The fraction of sp³-hybridized carbons (Fsp3) is 0.417. The Kier molecular flexibility index (Phi) is 2.73. The fourth-order valence-corrected chi connectivity index (χ4v) is 1.76. The minimum Gasteiger partial charge on any atom is -0.273 e. The van der Waals surface area contributed by atoms with Crippen LogP contribution in [0.4, 0.5) is 5.69 Å². The number of anilines is 1. The highest BCUT2D eigenvalue weighted by Crippen LogP contribution is 2.29. The van der Waals surface area contributed by atoms with Gasteiger partial charge >= 0.3 is 0 Å². The predicted octanol–water partition coefficient (Wildman–Crippen LogP) is 2.00. The van der Waals surface area contributed by atoms with Gasteiger partial charge in [-0.2, -0.15) is 0 Å². The van der Waals surface area contributed by atoms with Crippen LogP contribution in [0.3, 0.4) is 0 Å². The lowest BCUT2D eigenvalue weighted by molar-refractivity contribution is -0.124. The van der Waals surface area contributed by atoms with Crippen molar-refractivity contribution in [1.29, 1.82) is 0 Å². The van der Waals surface area contributed by atoms with Crippen molar-refractivity contribution in [3.8, 4) is 0 Å². The summed E-state index contributed by atoms with van der Waals surface area (Å²) in [5.41, 5.74) is 1.90. The highest BCUT2D eigenvalue weighted by Gasteiger charge is 2.28. The Labute approximate surface area is 89.8 Å². The molecule has 2 N–H and O–H groups in total. The molecule has 2 rings (SSSR count). The summed E-state index contributed by atoms with van der Waals surface area (Å²) in [4.78, 5) is 11.8. The van der Waals surface area contributed by atoms with E-state index in [1.807, 2.05) is 31.2 Å². The summed E-state index contributed by atoms with van der Waals surface area (Å²) in [6.45, 7) is 1.99. The van der Waals surface area contributed by atoms with E-state index in [9.17, 15) is 4.79 Å². The Morgan fingerprint density at radius 3 is 2.73 bits per heavy atom. The van der Waals surface area contributed by atoms with Gasteiger partial charge in [-0.15, -0.1) is 0 Å². The molecule has 0 bridgehead atoms. The zero-order chi connectivity index (χ0) is 10.8. The second-order valence-corrected chi connectivity index (χ2v) is 4.18. The van der Waals surface area contributed by atoms with Crippen molar-refractivity contribution in [2.45, 2.75) is 26.2 Å². The molecule has 15 heavy (non-hydrogen) atoms. The van der Waals surface area contributed by atoms with Crippen LogP contribution in [-0.2, 0) is 4.79 Å². The molecule has 3 nitrogen and oxygen atoms in total. The van der Waals surface area contributed by atoms with Crippen molar-refractivity contribution < 1.29 is 4.79 Å². The molecule has 0 spiro atoms. The number of rotatable bonds is 2. The van der Waals surface area contributed by atoms with Crippen LogP contribution >= 0.6 is 0 Å². The molecule has 1 aliphatic rings. The van der Waals surface area contributed by atoms with Gasteiger partial charge in [0.25, 0.3) is 0 Å². The molecule has 1 saturated carbocycles. The molecule has 1 aromatic carbocycles. The van der Waals surface area contributed by atoms with E-state index in [4.69, 9.17) is 5.84 Å². The van der Waals surface area contributed by atoms with E-state index < -0.39 is 0 Å². The average molecular weight is 204 g/mol. The molecule has 0 heterocycles. The minimum atomic E-state index is 0.0480. The van der Waals surface area contributed by atoms with Crippen LogP contribution in [0.5, 0.6) is 0 Å². The SMILES string of the molecule is Cc1cccc(N(N)C(=O)C2CCC2)c1. The number of carbonyl (C=O) groups is 1. The largest absolute Gasteiger partial charge is 0.273 e. The Morgan fingerprint density at radius 1 is 1.47 bits per heavy atom. The van der Waals surface area contributed by atoms with Gasteiger partial charge in [0, 0.05) is 5.92 Å². The number of hydrazine groups is 1. The van der Waals surface area contributed by atoms with Crippen LogP contribution in [0.25, 0.3) is 0 Å². The van der Waals surface area contributed by atoms with Crippen molar-refractivity contribution in [1.82, 2.24) is 0 Å². The molecule has 1 amide bonds. The number of amides is 1. The van der Waals surface area contributed by atoms with Crippen molar-refractivity contribution in [2.24, 2.45) is 11.8 Å². The van der Waals surface area contributed by atoms with Gasteiger partial charge in [0.2, 0.25) is 5.91 Å². The molecular weight excluding hydrogens is 188 g/mol. The highest BCUT2D eigenvalue weighted by atomic mass is 16.2. The maximum absolute atomic E-state index is 11.8. The Balaban J connectivity index is 2.12. The lowest BCUT2D eigenvalue weighted by Gasteiger charge is -2.28. The summed E-state index contributed by atoms with van der Waals surface area (Å²) in [6.07, 6.45) is 3.12. The smallest absolute Gasteiger partial charge is 0.244 e. The van der Waals surface area contributed by atoms with Crippen molar-refractivity contribution in [3.05, 3.63) is 29.8 Å². The van der Waals surface area contributed by atoms with Crippen LogP contribution in [0.15, 0.2) is 24.3 Å². The molecule has 0 radical (unpaired) electrons. The van der Waals surface area contributed by atoms with Crippen molar-refractivity contribution >= 4 is 11.6 Å². The van der Waals surface area contributed by atoms with E-state index >= 15 is 0 Å². The highest BCUT2D eigenvalue weighted by molar-refractivity contribution is 5.94. The lowest BCUT2D eigenvalue weighted by atomic mass is 9.84. The first kappa shape index (κ1) is 10.2. The second-order valence-electron chi connectivity index (χ2n) is 4.18. The van der Waals surface area contributed by atoms with Crippen molar-refractivity contribution in [3.63, 3.8) is 0 Å². The third-order valence-electron chi connectivity index (χ3n) is 2.97. The number of aryl methyl sites for hydroxylation is 1. The quantitative estimate of drug-likeness (QED) is 0.455. The summed E-state index contributed by atoms with van der Waals surface area (Å²) >= 11 is 0. The molecule has 0 aliphatic heterocycles. The molecule has 0 aromatic heterocycles. The van der Waals surface area contributed by atoms with Crippen LogP contribution in [-0.4, -0.2) is 5.91 Å². The molecule has 0 atom stereocenters. The Morgan fingerprint density at radius 2 is 2.20 bits per heavy atom. The van der Waals surface area contributed by atoms with Gasteiger partial charge in [-0.05, 0) is 37.5 Å². The topological polar surface area (TPSA) is 46.3 Å². The molecule has 0 saturated heterocycles. The van der Waals surface area contributed by atoms with E-state index in [-0.39, 0.29) is 11.8 Å². The number of nitrogens with zero attached hydrogens (tertiary/aromatic N) is 1. The number of hydrogen-bond acceptors (Lipinski definition) is 2. The molecular formula is C12H16N2O. The maximum Gasteiger partial charge on any atom is 0.244 e. The standard InChI is InChI=1S/C12H16N2O/c1-9-4-2-7-11(8-9)14(13)12(15)10-5-3-6-10/h2,4,7-8,10H,3,5-6,13H2,1H3. The number of nitrogens with two attached hydrogens (primary N) is 1. The normalized spacial score (nSPS) is 15.9. The monoisotopic (exact) mass is 204 g/mol. The van der Waals surface area contributed by atoms with Gasteiger partial charge in [-0.3, -0.25) is 4.79 Å². The summed E-state index contributed by atoms with van der Waals surface area (Å²) < 4.78 is 0. The third-order valence-corrected chi connectivity index (χ3v) is 2.97. The second kappa shape index (κ2) is 4.03. The van der Waals surface area contributed by atoms with Crippen LogP contribution < -0.4 is 10.9 Å². The van der Waals surface area contributed by atoms with Crippen LogP contribution in [0, 0.1) is 12.8 Å². The fourth-order valence-electron chi connectivity index (χ4n) is 1.76. The molecule has 1 aliphatic carbocycles. The first-order valence-corrected chi connectivity index (χ1v) is 5.34. The summed E-state index contributed by atoms with van der Waals surface area (Å²) in [6, 6.07) is 7.70. The summed E-state index contributed by atoms with van der Waals surface area (Å²) in [5.74, 6) is 6.00. The van der Waals surface area contributed by atoms with Gasteiger partial charge in [0.1, 0.15) is 0 Å². The number of hydrogen-bond donors (Lipinski definition) is 1. The lowest BCUT2D eigenvalue weighted by Crippen LogP contribution is -2.43. The van der Waals surface area contributed by atoms with E-state index in [0.717, 1.165) is 30.5 Å². The van der Waals surface area contributed by atoms with Gasteiger partial charge in [-0.25, -0.2) is 10.9 Å². The zero-order valence-electron chi connectivity index (χ0n) is 8.94. The maximum atomic E-state index is 11.8. The van der Waals surface area contributed by atoms with E-state index in [1.54, 1.807) is 0 Å². The predicted molar refractivity (Wildman–Crippen MR) is 60.2 cm³/mol. The van der Waals surface area contributed by atoms with Crippen molar-refractivity contribution in [2.75, 3.05) is 5.01 Å². The van der Waals surface area contributed by atoms with Gasteiger partial charge in [0.15, 0.2) is 0 Å². The summed E-state index contributed by atoms with van der Waals surface area (Å²) in [5, 5.41) is 1.29. The van der Waals surface area contributed by atoms with E-state index in [1.165, 1.54) is 5.01 Å². The van der Waals surface area contributed by atoms with Gasteiger partial charge in [-0.1, -0.05) is 18.6 Å². The number of carbonyl (C=O) groups excluding carboxylic acids is 1. The Bertz CT molecular complexity index is 372. The molecule has 80 valence electrons. The van der Waals surface area contributed by atoms with Gasteiger partial charge in [0.05, 0.1) is 5.69 Å². The minimum absolute atomic E-state index is 0.0480. The van der Waals surface area contributed by atoms with Crippen LogP contribution in [0.1, 0.15) is 24.8 Å². The zero-order valence-corrected chi connectivity index (χ0v) is 8.94. The average Bonchev–Trinajstić information content (AvgIpc) is 2.14. The summed E-state index contributed by atoms with van der Waals surface area (Å²) in [7, 11) is 0. The Hall–Kier alpha value is -1.35. The first-order chi connectivity index (χ1) is 7.18. The molecule has 3 heteroatoms. The molecule has 1 fully saturated rings. The molecule has 0 unspecified atom stereocenters. The van der Waals surface area contributed by atoms with Gasteiger partial charge < -0.3 is 0 Å².